The Morgan fingerprint density at radius 3 is 2.17 bits per heavy atom. The van der Waals surface area contributed by atoms with Crippen LogP contribution in [0.4, 0.5) is 5.69 Å². The van der Waals surface area contributed by atoms with E-state index in [9.17, 15) is 8.42 Å². The molecule has 1 aliphatic rings. The highest BCUT2D eigenvalue weighted by Gasteiger charge is 2.15. The largest absolute Gasteiger partial charge is 0.496 e. The highest BCUT2D eigenvalue weighted by atomic mass is 32.2. The molecule has 1 aliphatic heterocycles. The molecule has 1 fully saturated rings. The molecule has 2 aromatic rings. The second kappa shape index (κ2) is 12.5. The summed E-state index contributed by atoms with van der Waals surface area (Å²) in [5.74, 6) is 2.30. The number of anilines is 1. The molecular weight excluding hydrogens is 476 g/mol. The molecule has 11 heteroatoms. The third-order valence-electron chi connectivity index (χ3n) is 5.36. The van der Waals surface area contributed by atoms with E-state index in [4.69, 9.17) is 28.4 Å². The number of methoxy groups -OCH3 is 4. The van der Waals surface area contributed by atoms with Crippen LogP contribution in [0.5, 0.6) is 28.7 Å². The van der Waals surface area contributed by atoms with Crippen molar-refractivity contribution in [1.29, 1.82) is 0 Å². The lowest BCUT2D eigenvalue weighted by Crippen LogP contribution is -2.38. The zero-order chi connectivity index (χ0) is 25.3. The number of benzene rings is 2. The number of ether oxygens (including phenoxy) is 6. The van der Waals surface area contributed by atoms with Gasteiger partial charge in [0.1, 0.15) is 23.9 Å². The molecular formula is C24H32N2O8S. The third kappa shape index (κ3) is 7.41. The Labute approximate surface area is 206 Å². The summed E-state index contributed by atoms with van der Waals surface area (Å²) >= 11 is 0. The summed E-state index contributed by atoms with van der Waals surface area (Å²) in [6.45, 7) is 4.30. The second-order valence-electron chi connectivity index (χ2n) is 7.56. The molecule has 2 aromatic carbocycles. The first-order valence-corrected chi connectivity index (χ1v) is 12.6. The van der Waals surface area contributed by atoms with Crippen molar-refractivity contribution in [3.05, 3.63) is 41.3 Å². The zero-order valence-electron chi connectivity index (χ0n) is 20.4. The smallest absolute Gasteiger partial charge is 0.255 e. The number of hydrogen-bond donors (Lipinski definition) is 1. The Morgan fingerprint density at radius 2 is 1.57 bits per heavy atom. The first-order valence-electron chi connectivity index (χ1n) is 11.0. The van der Waals surface area contributed by atoms with Crippen molar-refractivity contribution >= 4 is 21.8 Å². The predicted molar refractivity (Wildman–Crippen MR) is 133 cm³/mol. The topological polar surface area (TPSA) is 105 Å². The molecule has 0 bridgehead atoms. The van der Waals surface area contributed by atoms with Crippen LogP contribution in [0.3, 0.4) is 0 Å². The van der Waals surface area contributed by atoms with Crippen LogP contribution in [0.2, 0.25) is 0 Å². The first-order chi connectivity index (χ1) is 16.9. The van der Waals surface area contributed by atoms with Gasteiger partial charge in [-0.15, -0.1) is 0 Å². The standard InChI is InChI=1S/C24H32N2O8S/c1-29-19-16-22(31-3)20(23(17-19)32-4)7-14-35(27,28)25-18-5-6-21(30-2)24(15-18)34-13-10-26-8-11-33-12-9-26/h5-7,14-17,25H,8-13H2,1-4H3/b14-7+. The van der Waals surface area contributed by atoms with Gasteiger partial charge in [-0.25, -0.2) is 8.42 Å². The Balaban J connectivity index is 1.73. The summed E-state index contributed by atoms with van der Waals surface area (Å²) in [7, 11) is 2.16. The fourth-order valence-corrected chi connectivity index (χ4v) is 4.35. The number of rotatable bonds is 12. The van der Waals surface area contributed by atoms with Crippen LogP contribution in [-0.2, 0) is 14.8 Å². The molecule has 3 rings (SSSR count). The zero-order valence-corrected chi connectivity index (χ0v) is 21.2. The van der Waals surface area contributed by atoms with Crippen LogP contribution >= 0.6 is 0 Å². The first kappa shape index (κ1) is 26.5. The summed E-state index contributed by atoms with van der Waals surface area (Å²) in [5, 5.41) is 1.04. The van der Waals surface area contributed by atoms with Gasteiger partial charge in [-0.05, 0) is 18.2 Å². The maximum atomic E-state index is 12.8. The van der Waals surface area contributed by atoms with Crippen LogP contribution in [0, 0.1) is 0 Å². The SMILES string of the molecule is COc1cc(OC)c(/C=C/S(=O)(=O)Nc2ccc(OC)c(OCCN3CCOCC3)c2)c(OC)c1. The number of nitrogens with one attached hydrogen (secondary N) is 1. The highest BCUT2D eigenvalue weighted by molar-refractivity contribution is 7.95. The molecule has 35 heavy (non-hydrogen) atoms. The number of sulfonamides is 1. The maximum Gasteiger partial charge on any atom is 0.255 e. The summed E-state index contributed by atoms with van der Waals surface area (Å²) in [4.78, 5) is 2.25. The number of nitrogens with zero attached hydrogens (tertiary/aromatic N) is 1. The molecule has 0 saturated carbocycles. The summed E-state index contributed by atoms with van der Waals surface area (Å²) in [6, 6.07) is 8.14. The summed E-state index contributed by atoms with van der Waals surface area (Å²) in [6.07, 6.45) is 1.41. The molecule has 10 nitrogen and oxygen atoms in total. The van der Waals surface area contributed by atoms with E-state index in [1.807, 2.05) is 0 Å². The minimum atomic E-state index is -3.86. The predicted octanol–water partition coefficient (Wildman–Crippen LogP) is 2.84. The van der Waals surface area contributed by atoms with E-state index in [2.05, 4.69) is 9.62 Å². The van der Waals surface area contributed by atoms with Crippen molar-refractivity contribution in [2.24, 2.45) is 0 Å². The lowest BCUT2D eigenvalue weighted by Gasteiger charge is -2.26. The van der Waals surface area contributed by atoms with Gasteiger partial charge in [0.2, 0.25) is 0 Å². The fourth-order valence-electron chi connectivity index (χ4n) is 3.52. The third-order valence-corrected chi connectivity index (χ3v) is 6.37. The molecule has 0 aromatic heterocycles. The number of hydrogen-bond acceptors (Lipinski definition) is 9. The lowest BCUT2D eigenvalue weighted by molar-refractivity contribution is 0.0321. The van der Waals surface area contributed by atoms with Gasteiger partial charge in [-0.2, -0.15) is 0 Å². The van der Waals surface area contributed by atoms with E-state index in [0.717, 1.165) is 25.0 Å². The van der Waals surface area contributed by atoms with Crippen molar-refractivity contribution < 1.29 is 36.8 Å². The van der Waals surface area contributed by atoms with Gasteiger partial charge in [0.15, 0.2) is 11.5 Å². The minimum absolute atomic E-state index is 0.338. The van der Waals surface area contributed by atoms with Gasteiger partial charge in [0.25, 0.3) is 10.0 Å². The van der Waals surface area contributed by atoms with Crippen molar-refractivity contribution in [3.8, 4) is 28.7 Å². The molecule has 0 radical (unpaired) electrons. The molecule has 0 unspecified atom stereocenters. The van der Waals surface area contributed by atoms with E-state index in [1.165, 1.54) is 34.5 Å². The molecule has 192 valence electrons. The van der Waals surface area contributed by atoms with Gasteiger partial charge in [-0.3, -0.25) is 9.62 Å². The van der Waals surface area contributed by atoms with Crippen molar-refractivity contribution in [2.45, 2.75) is 0 Å². The van der Waals surface area contributed by atoms with Crippen molar-refractivity contribution in [2.75, 3.05) is 72.6 Å². The van der Waals surface area contributed by atoms with Gasteiger partial charge in [0, 0.05) is 37.8 Å². The average molecular weight is 509 g/mol. The minimum Gasteiger partial charge on any atom is -0.496 e. The van der Waals surface area contributed by atoms with E-state index in [1.54, 1.807) is 30.3 Å². The summed E-state index contributed by atoms with van der Waals surface area (Å²) in [5.41, 5.74) is 0.800. The normalized spacial score (nSPS) is 14.5. The molecule has 1 heterocycles. The van der Waals surface area contributed by atoms with E-state index in [0.29, 0.717) is 59.8 Å². The monoisotopic (exact) mass is 508 g/mol. The molecule has 0 atom stereocenters. The maximum absolute atomic E-state index is 12.8. The molecule has 0 amide bonds. The van der Waals surface area contributed by atoms with Gasteiger partial charge >= 0.3 is 0 Å². The van der Waals surface area contributed by atoms with E-state index >= 15 is 0 Å². The molecule has 1 N–H and O–H groups in total. The van der Waals surface area contributed by atoms with Gasteiger partial charge in [0.05, 0.1) is 58.3 Å². The van der Waals surface area contributed by atoms with Crippen molar-refractivity contribution in [1.82, 2.24) is 4.90 Å². The lowest BCUT2D eigenvalue weighted by atomic mass is 10.1. The van der Waals surface area contributed by atoms with E-state index < -0.39 is 10.0 Å². The second-order valence-corrected chi connectivity index (χ2v) is 9.13. The van der Waals surface area contributed by atoms with Crippen LogP contribution in [-0.4, -0.2) is 81.2 Å². The van der Waals surface area contributed by atoms with E-state index in [-0.39, 0.29) is 0 Å². The Morgan fingerprint density at radius 1 is 0.914 bits per heavy atom. The van der Waals surface area contributed by atoms with Gasteiger partial charge < -0.3 is 28.4 Å². The Bertz CT molecular complexity index is 1090. The van der Waals surface area contributed by atoms with Gasteiger partial charge in [-0.1, -0.05) is 0 Å². The molecule has 0 spiro atoms. The van der Waals surface area contributed by atoms with Crippen LogP contribution in [0.25, 0.3) is 6.08 Å². The summed E-state index contributed by atoms with van der Waals surface area (Å²) < 4.78 is 60.7. The molecule has 0 aliphatic carbocycles. The average Bonchev–Trinajstić information content (AvgIpc) is 2.87. The fraction of sp³-hybridized carbons (Fsp3) is 0.417. The van der Waals surface area contributed by atoms with Crippen molar-refractivity contribution in [3.63, 3.8) is 0 Å². The Kier molecular flexibility index (Phi) is 9.47. The van der Waals surface area contributed by atoms with Crippen LogP contribution in [0.1, 0.15) is 5.56 Å². The van der Waals surface area contributed by atoms with Crippen LogP contribution in [0.15, 0.2) is 35.7 Å². The highest BCUT2D eigenvalue weighted by Crippen LogP contribution is 2.35. The quantitative estimate of drug-likeness (QED) is 0.463. The number of morpholine rings is 1. The van der Waals surface area contributed by atoms with Crippen LogP contribution < -0.4 is 28.4 Å². The Hall–Kier alpha value is -3.15. The molecule has 1 saturated heterocycles.